The highest BCUT2D eigenvalue weighted by atomic mass is 35.5. The number of carbonyl (C=O) groups is 2. The lowest BCUT2D eigenvalue weighted by atomic mass is 9.97. The van der Waals surface area contributed by atoms with Crippen molar-refractivity contribution in [2.45, 2.75) is 12.1 Å². The maximum absolute atomic E-state index is 13.3. The van der Waals surface area contributed by atoms with E-state index in [1.54, 1.807) is 30.3 Å². The minimum Gasteiger partial charge on any atom is -0.496 e. The molecule has 1 heterocycles. The van der Waals surface area contributed by atoms with E-state index in [9.17, 15) is 14.0 Å². The van der Waals surface area contributed by atoms with Crippen molar-refractivity contribution in [1.82, 2.24) is 10.6 Å². The van der Waals surface area contributed by atoms with Crippen LogP contribution in [0.1, 0.15) is 17.2 Å². The van der Waals surface area contributed by atoms with Crippen LogP contribution in [-0.2, 0) is 9.53 Å². The van der Waals surface area contributed by atoms with E-state index in [-0.39, 0.29) is 6.54 Å². The van der Waals surface area contributed by atoms with Crippen LogP contribution in [0.5, 0.6) is 5.75 Å². The van der Waals surface area contributed by atoms with Gasteiger partial charge in [0.1, 0.15) is 11.6 Å². The van der Waals surface area contributed by atoms with E-state index in [4.69, 9.17) is 21.1 Å². The van der Waals surface area contributed by atoms with Gasteiger partial charge in [-0.1, -0.05) is 29.8 Å². The smallest absolute Gasteiger partial charge is 0.408 e. The minimum absolute atomic E-state index is 0.0819. The summed E-state index contributed by atoms with van der Waals surface area (Å²) < 4.78 is 23.6. The summed E-state index contributed by atoms with van der Waals surface area (Å²) in [5.74, 6) is -0.404. The van der Waals surface area contributed by atoms with Crippen LogP contribution in [0.2, 0.25) is 5.02 Å². The Labute approximate surface area is 154 Å². The summed E-state index contributed by atoms with van der Waals surface area (Å²) in [6, 6.07) is 10.1. The molecule has 2 aromatic rings. The summed E-state index contributed by atoms with van der Waals surface area (Å²) in [5, 5.41) is 5.73. The lowest BCUT2D eigenvalue weighted by Crippen LogP contribution is -2.39. The van der Waals surface area contributed by atoms with Crippen LogP contribution in [0.15, 0.2) is 42.5 Å². The zero-order valence-corrected chi connectivity index (χ0v) is 14.5. The number of cyclic esters (lactones) is 1. The summed E-state index contributed by atoms with van der Waals surface area (Å²) in [4.78, 5) is 23.7. The van der Waals surface area contributed by atoms with Gasteiger partial charge in [0.2, 0.25) is 0 Å². The Kier molecular flexibility index (Phi) is 5.27. The fraction of sp³-hybridized carbons (Fsp3) is 0.222. The second-order valence-corrected chi connectivity index (χ2v) is 6.09. The van der Waals surface area contributed by atoms with Crippen molar-refractivity contribution in [2.24, 2.45) is 0 Å². The van der Waals surface area contributed by atoms with Gasteiger partial charge in [-0.15, -0.1) is 0 Å². The van der Waals surface area contributed by atoms with E-state index in [0.29, 0.717) is 21.9 Å². The first-order valence-electron chi connectivity index (χ1n) is 7.81. The monoisotopic (exact) mass is 378 g/mol. The quantitative estimate of drug-likeness (QED) is 0.838. The molecular formula is C18H16ClFN2O4. The van der Waals surface area contributed by atoms with Crippen LogP contribution in [0, 0.1) is 5.82 Å². The molecule has 2 aromatic carbocycles. The molecule has 8 heteroatoms. The molecule has 1 saturated heterocycles. The maximum Gasteiger partial charge on any atom is 0.408 e. The fourth-order valence-electron chi connectivity index (χ4n) is 2.69. The molecule has 136 valence electrons. The Morgan fingerprint density at radius 1 is 1.35 bits per heavy atom. The molecule has 2 amide bonds. The molecule has 1 aliphatic heterocycles. The van der Waals surface area contributed by atoms with Gasteiger partial charge in [0.05, 0.1) is 19.7 Å². The van der Waals surface area contributed by atoms with Crippen molar-refractivity contribution in [3.05, 3.63) is 64.4 Å². The van der Waals surface area contributed by atoms with Crippen LogP contribution in [-0.4, -0.2) is 31.8 Å². The predicted octanol–water partition coefficient (Wildman–Crippen LogP) is 2.80. The number of methoxy groups -OCH3 is 1. The lowest BCUT2D eigenvalue weighted by Gasteiger charge is -2.23. The summed E-state index contributed by atoms with van der Waals surface area (Å²) in [6.07, 6.45) is -1.59. The molecule has 1 unspecified atom stereocenters. The number of alkyl carbamates (subject to hydrolysis) is 1. The molecule has 2 N–H and O–H groups in total. The summed E-state index contributed by atoms with van der Waals surface area (Å²) in [5.41, 5.74) is 1.27. The Hall–Kier alpha value is -2.80. The third kappa shape index (κ3) is 3.88. The standard InChI is InChI=1S/C18H16ClFN2O4/c1-25-14-8-11(19)4-7-13(14)16(10-2-5-12(20)6-3-10)22-17(23)15-9-21-18(24)26-15/h2-8,15-16H,9H2,1H3,(H,21,24)(H,22,23)/t15?,16-/m1/s1. The van der Waals surface area contributed by atoms with Gasteiger partial charge in [-0.25, -0.2) is 9.18 Å². The van der Waals surface area contributed by atoms with Crippen LogP contribution in [0.4, 0.5) is 9.18 Å². The first-order valence-corrected chi connectivity index (χ1v) is 8.19. The normalized spacial score (nSPS) is 17.2. The van der Waals surface area contributed by atoms with E-state index >= 15 is 0 Å². The molecule has 6 nitrogen and oxygen atoms in total. The van der Waals surface area contributed by atoms with Crippen LogP contribution >= 0.6 is 11.6 Å². The number of rotatable bonds is 5. The first kappa shape index (κ1) is 18.0. The van der Waals surface area contributed by atoms with Crippen LogP contribution < -0.4 is 15.4 Å². The average molecular weight is 379 g/mol. The maximum atomic E-state index is 13.3. The second kappa shape index (κ2) is 7.61. The minimum atomic E-state index is -0.941. The third-order valence-corrected chi connectivity index (χ3v) is 4.21. The average Bonchev–Trinajstić information content (AvgIpc) is 3.07. The van der Waals surface area contributed by atoms with E-state index in [0.717, 1.165) is 0 Å². The van der Waals surface area contributed by atoms with Gasteiger partial charge in [-0.2, -0.15) is 0 Å². The molecule has 0 spiro atoms. The molecule has 1 fully saturated rings. The van der Waals surface area contributed by atoms with Crippen molar-refractivity contribution in [1.29, 1.82) is 0 Å². The van der Waals surface area contributed by atoms with Crippen LogP contribution in [0.25, 0.3) is 0 Å². The number of halogens is 2. The summed E-state index contributed by atoms with van der Waals surface area (Å²) in [6.45, 7) is 0.0819. The number of ether oxygens (including phenoxy) is 2. The molecule has 0 saturated carbocycles. The molecule has 26 heavy (non-hydrogen) atoms. The van der Waals surface area contributed by atoms with Crippen molar-refractivity contribution >= 4 is 23.6 Å². The van der Waals surface area contributed by atoms with Gasteiger partial charge < -0.3 is 20.1 Å². The number of benzene rings is 2. The van der Waals surface area contributed by atoms with Gasteiger partial charge in [0.15, 0.2) is 6.10 Å². The molecular weight excluding hydrogens is 363 g/mol. The molecule has 0 radical (unpaired) electrons. The Balaban J connectivity index is 1.95. The van der Waals surface area contributed by atoms with Crippen molar-refractivity contribution < 1.29 is 23.5 Å². The number of hydrogen-bond acceptors (Lipinski definition) is 4. The molecule has 2 atom stereocenters. The first-order chi connectivity index (χ1) is 12.5. The zero-order valence-electron chi connectivity index (χ0n) is 13.8. The van der Waals surface area contributed by atoms with Gasteiger partial charge in [-0.05, 0) is 29.8 Å². The van der Waals surface area contributed by atoms with Crippen molar-refractivity contribution in [3.63, 3.8) is 0 Å². The predicted molar refractivity (Wildman–Crippen MR) is 92.7 cm³/mol. The fourth-order valence-corrected chi connectivity index (χ4v) is 2.85. The highest BCUT2D eigenvalue weighted by Gasteiger charge is 2.32. The summed E-state index contributed by atoms with van der Waals surface area (Å²) in [7, 11) is 1.49. The highest BCUT2D eigenvalue weighted by Crippen LogP contribution is 2.32. The number of nitrogens with one attached hydrogen (secondary N) is 2. The van der Waals surface area contributed by atoms with Crippen molar-refractivity contribution in [3.8, 4) is 5.75 Å². The van der Waals surface area contributed by atoms with Gasteiger partial charge in [0, 0.05) is 10.6 Å². The largest absolute Gasteiger partial charge is 0.496 e. The van der Waals surface area contributed by atoms with Gasteiger partial charge in [0.25, 0.3) is 5.91 Å². The highest BCUT2D eigenvalue weighted by molar-refractivity contribution is 6.30. The van der Waals surface area contributed by atoms with E-state index in [2.05, 4.69) is 10.6 Å². The van der Waals surface area contributed by atoms with Gasteiger partial charge in [-0.3, -0.25) is 4.79 Å². The SMILES string of the molecule is COc1cc(Cl)ccc1[C@H](NC(=O)C1CNC(=O)O1)c1ccc(F)cc1. The zero-order chi connectivity index (χ0) is 18.7. The number of carbonyl (C=O) groups excluding carboxylic acids is 2. The molecule has 0 bridgehead atoms. The van der Waals surface area contributed by atoms with E-state index in [1.807, 2.05) is 0 Å². The Morgan fingerprint density at radius 3 is 2.69 bits per heavy atom. The Morgan fingerprint density at radius 2 is 2.08 bits per heavy atom. The second-order valence-electron chi connectivity index (χ2n) is 5.65. The topological polar surface area (TPSA) is 76.7 Å². The number of amides is 2. The lowest BCUT2D eigenvalue weighted by molar-refractivity contribution is -0.128. The molecule has 0 aromatic heterocycles. The number of hydrogen-bond donors (Lipinski definition) is 2. The molecule has 1 aliphatic rings. The van der Waals surface area contributed by atoms with Gasteiger partial charge >= 0.3 is 6.09 Å². The third-order valence-electron chi connectivity index (χ3n) is 3.97. The van der Waals surface area contributed by atoms with E-state index < -0.39 is 30.0 Å². The molecule has 3 rings (SSSR count). The van der Waals surface area contributed by atoms with Crippen molar-refractivity contribution in [2.75, 3.05) is 13.7 Å². The Bertz CT molecular complexity index is 828. The van der Waals surface area contributed by atoms with Crippen LogP contribution in [0.3, 0.4) is 0 Å². The van der Waals surface area contributed by atoms with E-state index in [1.165, 1.54) is 19.2 Å². The molecule has 0 aliphatic carbocycles. The summed E-state index contributed by atoms with van der Waals surface area (Å²) >= 11 is 6.01.